The molecule has 2 heteroatoms. The Labute approximate surface area is 99.0 Å². The Morgan fingerprint density at radius 2 is 1.88 bits per heavy atom. The Morgan fingerprint density at radius 1 is 1.25 bits per heavy atom. The van der Waals surface area contributed by atoms with Crippen molar-refractivity contribution < 1.29 is 0 Å². The van der Waals surface area contributed by atoms with Gasteiger partial charge in [0, 0.05) is 6.04 Å². The average Bonchev–Trinajstić information content (AvgIpc) is 2.21. The third-order valence-corrected chi connectivity index (χ3v) is 3.16. The van der Waals surface area contributed by atoms with Gasteiger partial charge >= 0.3 is 0 Å². The third-order valence-electron chi connectivity index (χ3n) is 3.16. The van der Waals surface area contributed by atoms with E-state index in [1.54, 1.807) is 0 Å². The molecule has 4 N–H and O–H groups in total. The summed E-state index contributed by atoms with van der Waals surface area (Å²) in [5.41, 5.74) is 15.9. The lowest BCUT2D eigenvalue weighted by Gasteiger charge is -2.27. The Kier molecular flexibility index (Phi) is 4.11. The molecular formula is C14H24N2. The van der Waals surface area contributed by atoms with Crippen molar-refractivity contribution in [3.63, 3.8) is 0 Å². The number of rotatable bonds is 4. The van der Waals surface area contributed by atoms with Crippen LogP contribution < -0.4 is 11.5 Å². The summed E-state index contributed by atoms with van der Waals surface area (Å²) in [6, 6.07) is 6.53. The molecule has 0 saturated heterocycles. The van der Waals surface area contributed by atoms with Crippen LogP contribution >= 0.6 is 0 Å². The van der Waals surface area contributed by atoms with Gasteiger partial charge in [-0.25, -0.2) is 0 Å². The van der Waals surface area contributed by atoms with E-state index in [9.17, 15) is 0 Å². The van der Waals surface area contributed by atoms with Crippen LogP contribution in [0.3, 0.4) is 0 Å². The van der Waals surface area contributed by atoms with Gasteiger partial charge in [0.05, 0.1) is 0 Å². The largest absolute Gasteiger partial charge is 0.330 e. The molecule has 1 aromatic rings. The van der Waals surface area contributed by atoms with E-state index in [4.69, 9.17) is 11.5 Å². The van der Waals surface area contributed by atoms with Crippen molar-refractivity contribution in [3.05, 3.63) is 34.9 Å². The van der Waals surface area contributed by atoms with Crippen molar-refractivity contribution in [2.75, 3.05) is 6.54 Å². The van der Waals surface area contributed by atoms with Crippen molar-refractivity contribution in [2.45, 2.75) is 40.2 Å². The Balaban J connectivity index is 2.88. The van der Waals surface area contributed by atoms with Gasteiger partial charge in [0.2, 0.25) is 0 Å². The van der Waals surface area contributed by atoms with Crippen LogP contribution in [0.5, 0.6) is 0 Å². The standard InChI is InChI=1S/C14H24N2/c1-10-5-6-11(2)12(7-10)13(16)8-14(3,4)9-15/h5-7,13H,8-9,15-16H2,1-4H3. The molecule has 16 heavy (non-hydrogen) atoms. The molecule has 0 aromatic heterocycles. The van der Waals surface area contributed by atoms with Crippen LogP contribution in [0.2, 0.25) is 0 Å². The maximum atomic E-state index is 6.27. The first-order valence-electron chi connectivity index (χ1n) is 5.88. The fourth-order valence-corrected chi connectivity index (χ4v) is 1.95. The van der Waals surface area contributed by atoms with Crippen LogP contribution in [-0.4, -0.2) is 6.54 Å². The summed E-state index contributed by atoms with van der Waals surface area (Å²) in [7, 11) is 0. The average molecular weight is 220 g/mol. The minimum atomic E-state index is 0.0819. The summed E-state index contributed by atoms with van der Waals surface area (Å²) in [6.07, 6.45) is 0.924. The molecule has 0 spiro atoms. The quantitative estimate of drug-likeness (QED) is 0.819. The second kappa shape index (κ2) is 4.98. The van der Waals surface area contributed by atoms with Crippen molar-refractivity contribution in [1.29, 1.82) is 0 Å². The summed E-state index contributed by atoms with van der Waals surface area (Å²) >= 11 is 0. The summed E-state index contributed by atoms with van der Waals surface area (Å²) in [4.78, 5) is 0. The number of nitrogens with two attached hydrogens (primary N) is 2. The van der Waals surface area contributed by atoms with Crippen molar-refractivity contribution in [1.82, 2.24) is 0 Å². The molecule has 0 radical (unpaired) electrons. The highest BCUT2D eigenvalue weighted by Gasteiger charge is 2.21. The van der Waals surface area contributed by atoms with Crippen LogP contribution in [0.1, 0.15) is 43.0 Å². The summed E-state index contributed by atoms with van der Waals surface area (Å²) in [6.45, 7) is 9.22. The number of benzene rings is 1. The molecule has 0 aliphatic heterocycles. The van der Waals surface area contributed by atoms with E-state index in [0.29, 0.717) is 6.54 Å². The second-order valence-corrected chi connectivity index (χ2v) is 5.54. The Morgan fingerprint density at radius 3 is 2.44 bits per heavy atom. The van der Waals surface area contributed by atoms with Crippen molar-refractivity contribution in [2.24, 2.45) is 16.9 Å². The molecule has 0 aliphatic rings. The van der Waals surface area contributed by atoms with Crippen molar-refractivity contribution in [3.8, 4) is 0 Å². The molecule has 1 aromatic carbocycles. The van der Waals surface area contributed by atoms with Crippen LogP contribution in [0.15, 0.2) is 18.2 Å². The van der Waals surface area contributed by atoms with E-state index in [1.165, 1.54) is 16.7 Å². The zero-order valence-electron chi connectivity index (χ0n) is 10.9. The predicted octanol–water partition coefficient (Wildman–Crippen LogP) is 2.68. The molecule has 0 fully saturated rings. The van der Waals surface area contributed by atoms with Gasteiger partial charge in [-0.1, -0.05) is 37.6 Å². The van der Waals surface area contributed by atoms with Gasteiger partial charge in [-0.2, -0.15) is 0 Å². The SMILES string of the molecule is Cc1ccc(C)c(C(N)CC(C)(C)CN)c1. The third kappa shape index (κ3) is 3.32. The zero-order chi connectivity index (χ0) is 12.3. The lowest BCUT2D eigenvalue weighted by atomic mass is 9.83. The number of hydrogen-bond donors (Lipinski definition) is 2. The summed E-state index contributed by atoms with van der Waals surface area (Å²) in [5, 5.41) is 0. The van der Waals surface area contributed by atoms with Crippen LogP contribution in [0.4, 0.5) is 0 Å². The zero-order valence-corrected chi connectivity index (χ0v) is 10.9. The molecular weight excluding hydrogens is 196 g/mol. The smallest absolute Gasteiger partial charge is 0.0303 e. The van der Waals surface area contributed by atoms with Gasteiger partial charge in [-0.15, -0.1) is 0 Å². The monoisotopic (exact) mass is 220 g/mol. The van der Waals surface area contributed by atoms with Crippen LogP contribution in [0, 0.1) is 19.3 Å². The van der Waals surface area contributed by atoms with E-state index in [1.807, 2.05) is 0 Å². The Hall–Kier alpha value is -0.860. The van der Waals surface area contributed by atoms with Gasteiger partial charge in [0.15, 0.2) is 0 Å². The van der Waals surface area contributed by atoms with Gasteiger partial charge in [0.25, 0.3) is 0 Å². The molecule has 0 bridgehead atoms. The van der Waals surface area contributed by atoms with E-state index >= 15 is 0 Å². The molecule has 1 rings (SSSR count). The molecule has 0 amide bonds. The van der Waals surface area contributed by atoms with Crippen LogP contribution in [0.25, 0.3) is 0 Å². The van der Waals surface area contributed by atoms with E-state index in [2.05, 4.69) is 45.9 Å². The van der Waals surface area contributed by atoms with Gasteiger partial charge in [0.1, 0.15) is 0 Å². The predicted molar refractivity (Wildman–Crippen MR) is 70.3 cm³/mol. The summed E-state index contributed by atoms with van der Waals surface area (Å²) < 4.78 is 0. The minimum absolute atomic E-state index is 0.0819. The highest BCUT2D eigenvalue weighted by molar-refractivity contribution is 5.32. The van der Waals surface area contributed by atoms with Gasteiger partial charge < -0.3 is 11.5 Å². The van der Waals surface area contributed by atoms with E-state index in [-0.39, 0.29) is 11.5 Å². The number of aryl methyl sites for hydroxylation is 2. The van der Waals surface area contributed by atoms with Gasteiger partial charge in [-0.05, 0) is 43.4 Å². The first-order valence-corrected chi connectivity index (χ1v) is 5.88. The molecule has 2 nitrogen and oxygen atoms in total. The molecule has 0 aliphatic carbocycles. The first kappa shape index (κ1) is 13.2. The second-order valence-electron chi connectivity index (χ2n) is 5.54. The molecule has 1 unspecified atom stereocenters. The summed E-state index contributed by atoms with van der Waals surface area (Å²) in [5.74, 6) is 0. The highest BCUT2D eigenvalue weighted by atomic mass is 14.7. The molecule has 90 valence electrons. The van der Waals surface area contributed by atoms with Gasteiger partial charge in [-0.3, -0.25) is 0 Å². The lowest BCUT2D eigenvalue weighted by Crippen LogP contribution is -2.28. The fourth-order valence-electron chi connectivity index (χ4n) is 1.95. The highest BCUT2D eigenvalue weighted by Crippen LogP contribution is 2.29. The van der Waals surface area contributed by atoms with Crippen LogP contribution in [-0.2, 0) is 0 Å². The molecule has 0 heterocycles. The normalized spacial score (nSPS) is 13.9. The minimum Gasteiger partial charge on any atom is -0.330 e. The Bertz CT molecular complexity index is 356. The first-order chi connectivity index (χ1) is 7.35. The topological polar surface area (TPSA) is 52.0 Å². The maximum Gasteiger partial charge on any atom is 0.0303 e. The van der Waals surface area contributed by atoms with E-state index < -0.39 is 0 Å². The molecule has 1 atom stereocenters. The maximum absolute atomic E-state index is 6.27. The lowest BCUT2D eigenvalue weighted by molar-refractivity contribution is 0.317. The number of hydrogen-bond acceptors (Lipinski definition) is 2. The van der Waals surface area contributed by atoms with E-state index in [0.717, 1.165) is 6.42 Å². The molecule has 0 saturated carbocycles. The fraction of sp³-hybridized carbons (Fsp3) is 0.571. The van der Waals surface area contributed by atoms with Crippen molar-refractivity contribution >= 4 is 0 Å².